The first-order chi connectivity index (χ1) is 8.87. The van der Waals surface area contributed by atoms with E-state index in [4.69, 9.17) is 5.73 Å². The summed E-state index contributed by atoms with van der Waals surface area (Å²) in [6.45, 7) is 4.38. The molecule has 2 fully saturated rings. The van der Waals surface area contributed by atoms with E-state index in [0.717, 1.165) is 0 Å². The van der Waals surface area contributed by atoms with E-state index >= 15 is 0 Å². The van der Waals surface area contributed by atoms with Crippen molar-refractivity contribution in [2.75, 3.05) is 13.1 Å². The molecule has 0 aliphatic carbocycles. The summed E-state index contributed by atoms with van der Waals surface area (Å²) in [5, 5.41) is 4.83. The number of hydrogen-bond donors (Lipinski definition) is 3. The SMILES string of the molecule is CCC(N)(CC)C(=O)N1CCC2(C1)NC(=O)NC2=O. The minimum atomic E-state index is -0.963. The average molecular weight is 268 g/mol. The summed E-state index contributed by atoms with van der Waals surface area (Å²) < 4.78 is 0. The number of nitrogens with zero attached hydrogens (tertiary/aromatic N) is 1. The van der Waals surface area contributed by atoms with Crippen molar-refractivity contribution in [1.82, 2.24) is 15.5 Å². The second-order valence-electron chi connectivity index (χ2n) is 5.33. The van der Waals surface area contributed by atoms with Gasteiger partial charge in [-0.05, 0) is 19.3 Å². The Morgan fingerprint density at radius 2 is 2.05 bits per heavy atom. The van der Waals surface area contributed by atoms with Gasteiger partial charge in [-0.25, -0.2) is 4.79 Å². The standard InChI is InChI=1S/C12H20N4O3/c1-3-11(13,4-2)9(18)16-6-5-12(7-16)8(17)14-10(19)15-12/h3-7,13H2,1-2H3,(H2,14,15,17,19). The Kier molecular flexibility index (Phi) is 3.25. The first kappa shape index (κ1) is 13.8. The number of amides is 4. The molecule has 1 unspecified atom stereocenters. The zero-order chi connectivity index (χ0) is 14.3. The Labute approximate surface area is 111 Å². The van der Waals surface area contributed by atoms with Crippen LogP contribution in [0.1, 0.15) is 33.1 Å². The third-order valence-electron chi connectivity index (χ3n) is 4.26. The highest BCUT2D eigenvalue weighted by molar-refractivity contribution is 6.07. The summed E-state index contributed by atoms with van der Waals surface area (Å²) in [5.41, 5.74) is 4.24. The van der Waals surface area contributed by atoms with Crippen molar-refractivity contribution in [1.29, 1.82) is 0 Å². The summed E-state index contributed by atoms with van der Waals surface area (Å²) >= 11 is 0. The van der Waals surface area contributed by atoms with Gasteiger partial charge in [0.25, 0.3) is 5.91 Å². The maximum atomic E-state index is 12.4. The van der Waals surface area contributed by atoms with E-state index < -0.39 is 17.1 Å². The van der Waals surface area contributed by atoms with E-state index in [0.29, 0.717) is 25.8 Å². The number of likely N-dealkylation sites (tertiary alicyclic amines) is 1. The number of nitrogens with two attached hydrogens (primary N) is 1. The van der Waals surface area contributed by atoms with Gasteiger partial charge in [-0.3, -0.25) is 14.9 Å². The number of carbonyl (C=O) groups is 3. The van der Waals surface area contributed by atoms with Crippen LogP contribution in [0.25, 0.3) is 0 Å². The molecule has 0 saturated carbocycles. The minimum absolute atomic E-state index is 0.150. The largest absolute Gasteiger partial charge is 0.338 e. The molecule has 0 aromatic heterocycles. The molecule has 2 aliphatic heterocycles. The van der Waals surface area contributed by atoms with Gasteiger partial charge in [0.2, 0.25) is 5.91 Å². The minimum Gasteiger partial charge on any atom is -0.338 e. The Morgan fingerprint density at radius 1 is 1.42 bits per heavy atom. The molecule has 19 heavy (non-hydrogen) atoms. The lowest BCUT2D eigenvalue weighted by atomic mass is 9.92. The number of urea groups is 1. The molecule has 0 aromatic rings. The molecule has 7 nitrogen and oxygen atoms in total. The number of carbonyl (C=O) groups excluding carboxylic acids is 3. The molecular formula is C12H20N4O3. The second-order valence-corrected chi connectivity index (χ2v) is 5.33. The lowest BCUT2D eigenvalue weighted by molar-refractivity contribution is -0.136. The molecule has 0 bridgehead atoms. The van der Waals surface area contributed by atoms with Crippen molar-refractivity contribution in [3.63, 3.8) is 0 Å². The molecule has 2 aliphatic rings. The van der Waals surface area contributed by atoms with Crippen molar-refractivity contribution in [3.8, 4) is 0 Å². The highest BCUT2D eigenvalue weighted by atomic mass is 16.2. The zero-order valence-electron chi connectivity index (χ0n) is 11.3. The van der Waals surface area contributed by atoms with Crippen molar-refractivity contribution in [3.05, 3.63) is 0 Å². The van der Waals surface area contributed by atoms with Gasteiger partial charge in [-0.15, -0.1) is 0 Å². The zero-order valence-corrected chi connectivity index (χ0v) is 11.3. The van der Waals surface area contributed by atoms with E-state index in [9.17, 15) is 14.4 Å². The monoisotopic (exact) mass is 268 g/mol. The maximum absolute atomic E-state index is 12.4. The Morgan fingerprint density at radius 3 is 2.53 bits per heavy atom. The normalized spacial score (nSPS) is 26.8. The summed E-state index contributed by atoms with van der Waals surface area (Å²) in [6, 6.07) is -0.496. The van der Waals surface area contributed by atoms with Crippen molar-refractivity contribution in [2.24, 2.45) is 5.73 Å². The lowest BCUT2D eigenvalue weighted by Crippen LogP contribution is -2.56. The topological polar surface area (TPSA) is 105 Å². The molecule has 2 rings (SSSR count). The molecular weight excluding hydrogens is 248 g/mol. The molecule has 0 aromatic carbocycles. The van der Waals surface area contributed by atoms with E-state index in [1.165, 1.54) is 0 Å². The molecule has 2 heterocycles. The van der Waals surface area contributed by atoms with Crippen LogP contribution in [0.4, 0.5) is 4.79 Å². The summed E-state index contributed by atoms with van der Waals surface area (Å²) in [4.78, 5) is 37.0. The second kappa shape index (κ2) is 4.48. The lowest BCUT2D eigenvalue weighted by Gasteiger charge is -2.31. The van der Waals surface area contributed by atoms with Crippen LogP contribution in [0.5, 0.6) is 0 Å². The molecule has 2 saturated heterocycles. The van der Waals surface area contributed by atoms with Crippen LogP contribution in [0.3, 0.4) is 0 Å². The van der Waals surface area contributed by atoms with E-state index in [1.807, 2.05) is 13.8 Å². The van der Waals surface area contributed by atoms with Crippen LogP contribution in [-0.4, -0.2) is 46.9 Å². The molecule has 4 amide bonds. The molecule has 0 radical (unpaired) electrons. The predicted octanol–water partition coefficient (Wildman–Crippen LogP) is -0.686. The maximum Gasteiger partial charge on any atom is 0.322 e. The molecule has 4 N–H and O–H groups in total. The van der Waals surface area contributed by atoms with Gasteiger partial charge in [0.15, 0.2) is 0 Å². The van der Waals surface area contributed by atoms with Crippen LogP contribution in [0.15, 0.2) is 0 Å². The fourth-order valence-electron chi connectivity index (χ4n) is 2.67. The highest BCUT2D eigenvalue weighted by Gasteiger charge is 2.53. The Bertz CT molecular complexity index is 433. The van der Waals surface area contributed by atoms with E-state index in [1.54, 1.807) is 4.90 Å². The van der Waals surface area contributed by atoms with Crippen LogP contribution in [0, 0.1) is 0 Å². The van der Waals surface area contributed by atoms with Gasteiger partial charge in [-0.1, -0.05) is 13.8 Å². The number of hydrogen-bond acceptors (Lipinski definition) is 4. The van der Waals surface area contributed by atoms with E-state index in [-0.39, 0.29) is 18.4 Å². The summed E-state index contributed by atoms with van der Waals surface area (Å²) in [7, 11) is 0. The smallest absolute Gasteiger partial charge is 0.322 e. The average Bonchev–Trinajstić information content (AvgIpc) is 2.93. The Balaban J connectivity index is 2.13. The predicted molar refractivity (Wildman–Crippen MR) is 68.1 cm³/mol. The third-order valence-corrected chi connectivity index (χ3v) is 4.26. The fraction of sp³-hybridized carbons (Fsp3) is 0.750. The molecule has 1 atom stereocenters. The summed E-state index contributed by atoms with van der Waals surface area (Å²) in [6.07, 6.45) is 1.52. The molecule has 106 valence electrons. The van der Waals surface area contributed by atoms with Gasteiger partial charge >= 0.3 is 6.03 Å². The summed E-state index contributed by atoms with van der Waals surface area (Å²) in [5.74, 6) is -0.508. The van der Waals surface area contributed by atoms with Crippen molar-refractivity contribution >= 4 is 17.8 Å². The van der Waals surface area contributed by atoms with Crippen molar-refractivity contribution in [2.45, 2.75) is 44.2 Å². The van der Waals surface area contributed by atoms with Crippen LogP contribution >= 0.6 is 0 Å². The van der Waals surface area contributed by atoms with Crippen molar-refractivity contribution < 1.29 is 14.4 Å². The van der Waals surface area contributed by atoms with Gasteiger partial charge in [0.05, 0.1) is 12.1 Å². The third kappa shape index (κ3) is 2.07. The van der Waals surface area contributed by atoms with Crippen LogP contribution in [-0.2, 0) is 9.59 Å². The van der Waals surface area contributed by atoms with Crippen LogP contribution < -0.4 is 16.4 Å². The molecule has 7 heteroatoms. The Hall–Kier alpha value is -1.63. The first-order valence-electron chi connectivity index (χ1n) is 6.59. The van der Waals surface area contributed by atoms with Gasteiger partial charge in [0, 0.05) is 6.54 Å². The van der Waals surface area contributed by atoms with Gasteiger partial charge in [-0.2, -0.15) is 0 Å². The fourth-order valence-corrected chi connectivity index (χ4v) is 2.67. The first-order valence-corrected chi connectivity index (χ1v) is 6.59. The van der Waals surface area contributed by atoms with Gasteiger partial charge < -0.3 is 16.0 Å². The number of nitrogens with one attached hydrogen (secondary N) is 2. The number of imide groups is 1. The van der Waals surface area contributed by atoms with E-state index in [2.05, 4.69) is 10.6 Å². The van der Waals surface area contributed by atoms with Gasteiger partial charge in [0.1, 0.15) is 5.54 Å². The number of rotatable bonds is 3. The highest BCUT2D eigenvalue weighted by Crippen LogP contribution is 2.27. The van der Waals surface area contributed by atoms with Crippen LogP contribution in [0.2, 0.25) is 0 Å². The quantitative estimate of drug-likeness (QED) is 0.589. The molecule has 1 spiro atoms.